The van der Waals surface area contributed by atoms with Crippen molar-refractivity contribution in [2.45, 2.75) is 24.0 Å². The van der Waals surface area contributed by atoms with Crippen molar-refractivity contribution in [1.29, 1.82) is 0 Å². The molecule has 1 N–H and O–H groups in total. The van der Waals surface area contributed by atoms with Crippen LogP contribution in [0.1, 0.15) is 12.0 Å². The van der Waals surface area contributed by atoms with Gasteiger partial charge in [0, 0.05) is 31.5 Å². The van der Waals surface area contributed by atoms with Crippen LogP contribution in [0.4, 0.5) is 18.9 Å². The number of rotatable bonds is 11. The van der Waals surface area contributed by atoms with Crippen LogP contribution >= 0.6 is 0 Å². The summed E-state index contributed by atoms with van der Waals surface area (Å²) < 4.78 is 79.8. The maximum absolute atomic E-state index is 13.5. The minimum atomic E-state index is -4.70. The molecule has 1 amide bonds. The van der Waals surface area contributed by atoms with Gasteiger partial charge in [0.1, 0.15) is 6.54 Å². The van der Waals surface area contributed by atoms with E-state index in [-0.39, 0.29) is 28.6 Å². The molecule has 0 aliphatic carbocycles. The Morgan fingerprint density at radius 1 is 1.11 bits per heavy atom. The van der Waals surface area contributed by atoms with E-state index in [1.165, 1.54) is 38.5 Å². The Kier molecular flexibility index (Phi) is 8.45. The number of ether oxygens (including phenoxy) is 2. The number of halogens is 3. The highest BCUT2D eigenvalue weighted by Crippen LogP contribution is 2.35. The number of methoxy groups -OCH3 is 2. The van der Waals surface area contributed by atoms with Crippen LogP contribution in [0.3, 0.4) is 0 Å². The number of hydrogen-bond donors (Lipinski definition) is 1. The van der Waals surface area contributed by atoms with Crippen molar-refractivity contribution in [1.82, 2.24) is 14.9 Å². The average Bonchev–Trinajstić information content (AvgIpc) is 3.37. The van der Waals surface area contributed by atoms with Crippen molar-refractivity contribution < 1.29 is 35.9 Å². The molecule has 0 aliphatic heterocycles. The molecule has 13 heteroatoms. The third-order valence-electron chi connectivity index (χ3n) is 5.17. The zero-order valence-electron chi connectivity index (χ0n) is 19.5. The van der Waals surface area contributed by atoms with Crippen LogP contribution in [-0.4, -0.2) is 51.2 Å². The molecule has 1 aromatic heterocycles. The van der Waals surface area contributed by atoms with Gasteiger partial charge in [-0.05, 0) is 36.8 Å². The fraction of sp³-hybridized carbons (Fsp3) is 0.304. The second kappa shape index (κ2) is 11.3. The lowest BCUT2D eigenvalue weighted by atomic mass is 10.2. The zero-order chi connectivity index (χ0) is 26.3. The van der Waals surface area contributed by atoms with Crippen molar-refractivity contribution in [2.24, 2.45) is 0 Å². The Balaban J connectivity index is 1.89. The highest BCUT2D eigenvalue weighted by atomic mass is 32.2. The molecule has 0 bridgehead atoms. The molecule has 0 aliphatic rings. The van der Waals surface area contributed by atoms with Crippen LogP contribution in [0.2, 0.25) is 0 Å². The molecule has 194 valence electrons. The second-order valence-corrected chi connectivity index (χ2v) is 9.44. The summed E-state index contributed by atoms with van der Waals surface area (Å²) >= 11 is 0. The number of nitrogens with one attached hydrogen (secondary N) is 1. The van der Waals surface area contributed by atoms with Crippen LogP contribution in [0.25, 0.3) is 0 Å². The van der Waals surface area contributed by atoms with Gasteiger partial charge in [-0.1, -0.05) is 6.07 Å². The van der Waals surface area contributed by atoms with Crippen molar-refractivity contribution in [2.75, 3.05) is 31.6 Å². The van der Waals surface area contributed by atoms with E-state index in [4.69, 9.17) is 9.47 Å². The molecule has 0 saturated heterocycles. The van der Waals surface area contributed by atoms with E-state index >= 15 is 0 Å². The molecule has 0 spiro atoms. The lowest BCUT2D eigenvalue weighted by Crippen LogP contribution is -2.41. The van der Waals surface area contributed by atoms with Gasteiger partial charge in [-0.3, -0.25) is 9.10 Å². The Bertz CT molecular complexity index is 1280. The predicted octanol–water partition coefficient (Wildman–Crippen LogP) is 3.32. The normalized spacial score (nSPS) is 11.7. The smallest absolute Gasteiger partial charge is 0.416 e. The van der Waals surface area contributed by atoms with Crippen molar-refractivity contribution >= 4 is 21.6 Å². The molecule has 0 atom stereocenters. The number of anilines is 1. The van der Waals surface area contributed by atoms with Gasteiger partial charge in [0.25, 0.3) is 10.0 Å². The monoisotopic (exact) mass is 526 g/mol. The minimum Gasteiger partial charge on any atom is -0.493 e. The number of alkyl halides is 3. The van der Waals surface area contributed by atoms with Crippen molar-refractivity contribution in [3.63, 3.8) is 0 Å². The molecule has 2 aromatic carbocycles. The number of sulfonamides is 1. The topological polar surface area (TPSA) is 103 Å². The van der Waals surface area contributed by atoms with E-state index < -0.39 is 34.2 Å². The number of carbonyl (C=O) groups excluding carboxylic acids is 1. The second-order valence-electron chi connectivity index (χ2n) is 7.58. The third kappa shape index (κ3) is 6.47. The van der Waals surface area contributed by atoms with Gasteiger partial charge in [-0.15, -0.1) is 0 Å². The maximum Gasteiger partial charge on any atom is 0.416 e. The number of benzene rings is 2. The molecule has 1 heterocycles. The molecule has 0 unspecified atom stereocenters. The predicted molar refractivity (Wildman–Crippen MR) is 125 cm³/mol. The summed E-state index contributed by atoms with van der Waals surface area (Å²) in [7, 11) is -1.79. The number of aromatic nitrogens is 2. The summed E-state index contributed by atoms with van der Waals surface area (Å²) in [6.07, 6.45) is 0.822. The molecular formula is C23H25F3N4O5S. The summed E-state index contributed by atoms with van der Waals surface area (Å²) in [5, 5.41) is 2.61. The fourth-order valence-corrected chi connectivity index (χ4v) is 4.78. The molecule has 0 fully saturated rings. The number of aryl methyl sites for hydroxylation is 1. The van der Waals surface area contributed by atoms with Gasteiger partial charge in [0.05, 0.1) is 36.7 Å². The standard InChI is InChI=1S/C23H25F3N4O5S/c1-34-20-8-7-19(14-21(20)35-2)36(32,33)30(18-6-3-5-17(13-18)23(24,25)26)15-22(31)28-9-4-11-29-12-10-27-16-29/h3,5-8,10,12-14,16H,4,9,11,15H2,1-2H3,(H,28,31). The number of imidazole rings is 1. The van der Waals surface area contributed by atoms with Crippen LogP contribution in [0, 0.1) is 0 Å². The molecular weight excluding hydrogens is 501 g/mol. The highest BCUT2D eigenvalue weighted by molar-refractivity contribution is 7.92. The van der Waals surface area contributed by atoms with Gasteiger partial charge >= 0.3 is 6.18 Å². The lowest BCUT2D eigenvalue weighted by molar-refractivity contribution is -0.137. The Morgan fingerprint density at radius 2 is 1.86 bits per heavy atom. The number of hydrogen-bond acceptors (Lipinski definition) is 6. The van der Waals surface area contributed by atoms with E-state index in [9.17, 15) is 26.4 Å². The van der Waals surface area contributed by atoms with E-state index in [0.717, 1.165) is 12.1 Å². The first kappa shape index (κ1) is 26.9. The molecule has 0 saturated carbocycles. The van der Waals surface area contributed by atoms with E-state index in [1.807, 2.05) is 4.57 Å². The SMILES string of the molecule is COc1ccc(S(=O)(=O)N(CC(=O)NCCCn2ccnc2)c2cccc(C(F)(F)F)c2)cc1OC. The van der Waals surface area contributed by atoms with Gasteiger partial charge < -0.3 is 19.4 Å². The largest absolute Gasteiger partial charge is 0.493 e. The summed E-state index contributed by atoms with van der Waals surface area (Å²) in [4.78, 5) is 16.3. The molecule has 3 aromatic rings. The Labute approximate surface area is 206 Å². The molecule has 0 radical (unpaired) electrons. The fourth-order valence-electron chi connectivity index (χ4n) is 3.35. The average molecular weight is 527 g/mol. The number of amides is 1. The zero-order valence-corrected chi connectivity index (χ0v) is 20.3. The molecule has 36 heavy (non-hydrogen) atoms. The first-order valence-corrected chi connectivity index (χ1v) is 12.1. The summed E-state index contributed by atoms with van der Waals surface area (Å²) in [6, 6.07) is 7.54. The van der Waals surface area contributed by atoms with E-state index in [1.54, 1.807) is 18.7 Å². The first-order valence-electron chi connectivity index (χ1n) is 10.7. The Morgan fingerprint density at radius 3 is 2.50 bits per heavy atom. The van der Waals surface area contributed by atoms with Crippen LogP contribution in [0.15, 0.2) is 66.1 Å². The summed E-state index contributed by atoms with van der Waals surface area (Å²) in [5.74, 6) is -0.314. The number of carbonyl (C=O) groups is 1. The van der Waals surface area contributed by atoms with Gasteiger partial charge in [-0.2, -0.15) is 13.2 Å². The Hall–Kier alpha value is -3.74. The van der Waals surface area contributed by atoms with Crippen molar-refractivity contribution in [3.05, 3.63) is 66.7 Å². The van der Waals surface area contributed by atoms with Gasteiger partial charge in [0.15, 0.2) is 11.5 Å². The summed E-state index contributed by atoms with van der Waals surface area (Å²) in [6.45, 7) is 0.0640. The quantitative estimate of drug-likeness (QED) is 0.385. The summed E-state index contributed by atoms with van der Waals surface area (Å²) in [5.41, 5.74) is -1.36. The number of nitrogens with zero attached hydrogens (tertiary/aromatic N) is 3. The minimum absolute atomic E-state index is 0.103. The first-order chi connectivity index (χ1) is 17.1. The molecule has 9 nitrogen and oxygen atoms in total. The van der Waals surface area contributed by atoms with Crippen LogP contribution < -0.4 is 19.1 Å². The van der Waals surface area contributed by atoms with Gasteiger partial charge in [0.2, 0.25) is 5.91 Å². The van der Waals surface area contributed by atoms with Crippen molar-refractivity contribution in [3.8, 4) is 11.5 Å². The van der Waals surface area contributed by atoms with E-state index in [0.29, 0.717) is 23.3 Å². The molecule has 3 rings (SSSR count). The third-order valence-corrected chi connectivity index (χ3v) is 6.94. The maximum atomic E-state index is 13.5. The van der Waals surface area contributed by atoms with E-state index in [2.05, 4.69) is 10.3 Å². The lowest BCUT2D eigenvalue weighted by Gasteiger charge is -2.25. The van der Waals surface area contributed by atoms with Crippen LogP contribution in [0.5, 0.6) is 11.5 Å². The highest BCUT2D eigenvalue weighted by Gasteiger charge is 2.33. The van der Waals surface area contributed by atoms with Crippen LogP contribution in [-0.2, 0) is 27.5 Å². The van der Waals surface area contributed by atoms with Gasteiger partial charge in [-0.25, -0.2) is 13.4 Å².